The molecule has 2 N–H and O–H groups in total. The van der Waals surface area contributed by atoms with Crippen LogP contribution in [0.25, 0.3) is 0 Å². The van der Waals surface area contributed by atoms with Crippen molar-refractivity contribution in [2.45, 2.75) is 18.2 Å². The van der Waals surface area contributed by atoms with E-state index in [1.807, 2.05) is 6.92 Å². The summed E-state index contributed by atoms with van der Waals surface area (Å²) in [6.07, 6.45) is 0.940. The number of thiol groups is 1. The first-order valence-corrected chi connectivity index (χ1v) is 4.88. The van der Waals surface area contributed by atoms with Gasteiger partial charge in [-0.3, -0.25) is 0 Å². The summed E-state index contributed by atoms with van der Waals surface area (Å²) in [5, 5.41) is 0.575. The fourth-order valence-corrected chi connectivity index (χ4v) is 1.60. The quantitative estimate of drug-likeness (QED) is 0.603. The van der Waals surface area contributed by atoms with Crippen LogP contribution >= 0.6 is 24.2 Å². The summed E-state index contributed by atoms with van der Waals surface area (Å²) in [7, 11) is 0. The molecule has 0 spiro atoms. The first kappa shape index (κ1) is 10.5. The van der Waals surface area contributed by atoms with Gasteiger partial charge in [0.2, 0.25) is 0 Å². The average Bonchev–Trinajstić information content (AvgIpc) is 2.02. The van der Waals surface area contributed by atoms with Crippen molar-refractivity contribution in [2.24, 2.45) is 0 Å². The minimum Gasteiger partial charge on any atom is -0.490 e. The zero-order valence-corrected chi connectivity index (χ0v) is 9.03. The molecule has 4 heteroatoms. The number of nitrogens with two attached hydrogens (primary N) is 1. The van der Waals surface area contributed by atoms with Gasteiger partial charge in [0, 0.05) is 9.92 Å². The molecule has 0 aliphatic carbocycles. The maximum Gasteiger partial charge on any atom is 0.155 e. The number of benzene rings is 1. The molecule has 0 atom stereocenters. The van der Waals surface area contributed by atoms with Crippen LogP contribution in [0.2, 0.25) is 5.02 Å². The number of hydrogen-bond donors (Lipinski definition) is 2. The second-order valence-corrected chi connectivity index (χ2v) is 3.61. The summed E-state index contributed by atoms with van der Waals surface area (Å²) in [5.74, 6) is 0.620. The van der Waals surface area contributed by atoms with Gasteiger partial charge >= 0.3 is 0 Å². The largest absolute Gasteiger partial charge is 0.490 e. The van der Waals surface area contributed by atoms with Crippen molar-refractivity contribution < 1.29 is 4.74 Å². The minimum atomic E-state index is 0.533. The van der Waals surface area contributed by atoms with Crippen molar-refractivity contribution in [2.75, 3.05) is 12.3 Å². The molecular formula is C9H12ClNOS. The number of rotatable bonds is 3. The highest BCUT2D eigenvalue weighted by atomic mass is 35.5. The van der Waals surface area contributed by atoms with E-state index in [1.54, 1.807) is 12.1 Å². The molecule has 0 saturated carbocycles. The molecule has 0 aromatic heterocycles. The molecule has 0 saturated heterocycles. The van der Waals surface area contributed by atoms with Gasteiger partial charge in [-0.05, 0) is 18.6 Å². The van der Waals surface area contributed by atoms with Gasteiger partial charge in [0.15, 0.2) is 5.75 Å². The smallest absolute Gasteiger partial charge is 0.155 e. The molecular weight excluding hydrogens is 206 g/mol. The Morgan fingerprint density at radius 1 is 1.54 bits per heavy atom. The average molecular weight is 218 g/mol. The van der Waals surface area contributed by atoms with Crippen LogP contribution in [0, 0.1) is 0 Å². The Labute approximate surface area is 88.4 Å². The van der Waals surface area contributed by atoms with Crippen molar-refractivity contribution in [3.05, 3.63) is 17.2 Å². The van der Waals surface area contributed by atoms with Gasteiger partial charge in [-0.2, -0.15) is 0 Å². The van der Waals surface area contributed by atoms with Crippen molar-refractivity contribution in [1.29, 1.82) is 0 Å². The molecule has 1 rings (SSSR count). The zero-order chi connectivity index (χ0) is 9.84. The lowest BCUT2D eigenvalue weighted by atomic mass is 10.3. The van der Waals surface area contributed by atoms with Gasteiger partial charge in [-0.25, -0.2) is 0 Å². The summed E-state index contributed by atoms with van der Waals surface area (Å²) in [5.41, 5.74) is 6.24. The van der Waals surface area contributed by atoms with Crippen molar-refractivity contribution in [3.8, 4) is 5.75 Å². The van der Waals surface area contributed by atoms with Gasteiger partial charge < -0.3 is 10.5 Å². The Morgan fingerprint density at radius 3 is 2.77 bits per heavy atom. The lowest BCUT2D eigenvalue weighted by molar-refractivity contribution is 0.312. The van der Waals surface area contributed by atoms with Crippen LogP contribution in [0.4, 0.5) is 5.69 Å². The number of halogens is 1. The Morgan fingerprint density at radius 2 is 2.23 bits per heavy atom. The lowest BCUT2D eigenvalue weighted by Gasteiger charge is -2.10. The van der Waals surface area contributed by atoms with Crippen LogP contribution in [-0.2, 0) is 0 Å². The Bertz CT molecular complexity index is 281. The summed E-state index contributed by atoms with van der Waals surface area (Å²) < 4.78 is 5.41. The molecule has 0 heterocycles. The van der Waals surface area contributed by atoms with Gasteiger partial charge in [-0.15, -0.1) is 12.6 Å². The zero-order valence-electron chi connectivity index (χ0n) is 7.38. The van der Waals surface area contributed by atoms with E-state index in [9.17, 15) is 0 Å². The van der Waals surface area contributed by atoms with E-state index in [2.05, 4.69) is 12.6 Å². The van der Waals surface area contributed by atoms with Crippen LogP contribution in [0.3, 0.4) is 0 Å². The van der Waals surface area contributed by atoms with Gasteiger partial charge in [-0.1, -0.05) is 18.5 Å². The summed E-state index contributed by atoms with van der Waals surface area (Å²) >= 11 is 9.99. The fourth-order valence-electron chi connectivity index (χ4n) is 0.961. The lowest BCUT2D eigenvalue weighted by Crippen LogP contribution is -1.99. The van der Waals surface area contributed by atoms with E-state index >= 15 is 0 Å². The molecule has 1 aromatic rings. The maximum atomic E-state index is 5.77. The molecule has 0 unspecified atom stereocenters. The molecule has 0 amide bonds. The van der Waals surface area contributed by atoms with E-state index in [4.69, 9.17) is 22.1 Å². The predicted molar refractivity (Wildman–Crippen MR) is 58.9 cm³/mol. The molecule has 13 heavy (non-hydrogen) atoms. The highest BCUT2D eigenvalue weighted by molar-refractivity contribution is 7.80. The van der Waals surface area contributed by atoms with E-state index < -0.39 is 0 Å². The normalized spacial score (nSPS) is 10.1. The Balaban J connectivity index is 2.92. The topological polar surface area (TPSA) is 35.2 Å². The van der Waals surface area contributed by atoms with Crippen LogP contribution in [0.5, 0.6) is 5.75 Å². The molecule has 0 aliphatic heterocycles. The standard InChI is InChI=1S/C9H12ClNOS/c1-2-3-12-9-7(11)4-6(10)5-8(9)13/h4-5,13H,2-3,11H2,1H3. The second-order valence-electron chi connectivity index (χ2n) is 2.69. The van der Waals surface area contributed by atoms with E-state index in [1.165, 1.54) is 0 Å². The van der Waals surface area contributed by atoms with Gasteiger partial charge in [0.05, 0.1) is 12.3 Å². The van der Waals surface area contributed by atoms with Crippen LogP contribution in [0.1, 0.15) is 13.3 Å². The van der Waals surface area contributed by atoms with Crippen LogP contribution in [-0.4, -0.2) is 6.61 Å². The maximum absolute atomic E-state index is 5.77. The number of anilines is 1. The third kappa shape index (κ3) is 2.71. The summed E-state index contributed by atoms with van der Waals surface area (Å²) in [6, 6.07) is 3.37. The molecule has 72 valence electrons. The predicted octanol–water partition coefficient (Wildman–Crippen LogP) is 3.00. The monoisotopic (exact) mass is 217 g/mol. The molecule has 0 radical (unpaired) electrons. The van der Waals surface area contributed by atoms with Gasteiger partial charge in [0.25, 0.3) is 0 Å². The van der Waals surface area contributed by atoms with Crippen molar-refractivity contribution >= 4 is 29.9 Å². The Kier molecular flexibility index (Phi) is 3.75. The number of ether oxygens (including phenoxy) is 1. The van der Waals surface area contributed by atoms with E-state index in [0.29, 0.717) is 28.0 Å². The summed E-state index contributed by atoms with van der Waals surface area (Å²) in [6.45, 7) is 2.67. The second kappa shape index (κ2) is 4.63. The van der Waals surface area contributed by atoms with Gasteiger partial charge in [0.1, 0.15) is 0 Å². The molecule has 0 bridgehead atoms. The summed E-state index contributed by atoms with van der Waals surface area (Å²) in [4.78, 5) is 0.679. The van der Waals surface area contributed by atoms with Crippen molar-refractivity contribution in [3.63, 3.8) is 0 Å². The molecule has 0 aliphatic rings. The molecule has 2 nitrogen and oxygen atoms in total. The third-order valence-corrected chi connectivity index (χ3v) is 2.06. The van der Waals surface area contributed by atoms with E-state index in [0.717, 1.165) is 6.42 Å². The fraction of sp³-hybridized carbons (Fsp3) is 0.333. The molecule has 1 aromatic carbocycles. The third-order valence-electron chi connectivity index (χ3n) is 1.51. The first-order valence-electron chi connectivity index (χ1n) is 4.06. The highest BCUT2D eigenvalue weighted by Gasteiger charge is 2.06. The number of nitrogen functional groups attached to an aromatic ring is 1. The SMILES string of the molecule is CCCOc1c(N)cc(Cl)cc1S. The van der Waals surface area contributed by atoms with E-state index in [-0.39, 0.29) is 0 Å². The van der Waals surface area contributed by atoms with Crippen LogP contribution < -0.4 is 10.5 Å². The Hall–Kier alpha value is -0.540. The molecule has 0 fully saturated rings. The number of hydrogen-bond acceptors (Lipinski definition) is 3. The van der Waals surface area contributed by atoms with Crippen molar-refractivity contribution in [1.82, 2.24) is 0 Å². The minimum absolute atomic E-state index is 0.533. The highest BCUT2D eigenvalue weighted by Crippen LogP contribution is 2.32. The first-order chi connectivity index (χ1) is 6.15. The van der Waals surface area contributed by atoms with Crippen LogP contribution in [0.15, 0.2) is 17.0 Å².